The summed E-state index contributed by atoms with van der Waals surface area (Å²) in [5.41, 5.74) is 0. The van der Waals surface area contributed by atoms with Crippen molar-refractivity contribution in [2.75, 3.05) is 0 Å². The van der Waals surface area contributed by atoms with E-state index in [1.54, 1.807) is 0 Å². The van der Waals surface area contributed by atoms with Gasteiger partial charge in [0, 0.05) is 0 Å². The molecule has 0 saturated heterocycles. The van der Waals surface area contributed by atoms with Crippen molar-refractivity contribution >= 4 is 74.8 Å². The molecule has 0 aliphatic heterocycles. The second-order valence-electron chi connectivity index (χ2n) is 8.68. The predicted molar refractivity (Wildman–Crippen MR) is 199 cm³/mol. The van der Waals surface area contributed by atoms with Crippen LogP contribution in [0.3, 0.4) is 0 Å². The van der Waals surface area contributed by atoms with Crippen LogP contribution in [0.25, 0.3) is 0 Å². The topological polar surface area (TPSA) is 68.3 Å². The minimum atomic E-state index is -0.446. The van der Waals surface area contributed by atoms with Gasteiger partial charge in [-0.25, -0.2) is 0 Å². The number of hydrogen-bond acceptors (Lipinski definition) is 4. The van der Waals surface area contributed by atoms with Crippen LogP contribution in [-0.4, -0.2) is 27.2 Å². The molecule has 0 bridgehead atoms. The Morgan fingerprint density at radius 3 is 0.451 bits per heavy atom. The van der Waals surface area contributed by atoms with Crippen LogP contribution in [0.2, 0.25) is 0 Å². The molecule has 4 nitrogen and oxygen atoms in total. The van der Waals surface area contributed by atoms with Crippen molar-refractivity contribution < 1.29 is 95.3 Å². The molecular formula is C40H38AuCl3NiO4P2. The van der Waals surface area contributed by atoms with Crippen molar-refractivity contribution in [2.45, 2.75) is 0 Å². The monoisotopic (exact) mass is 1000 g/mol. The maximum Gasteiger partial charge on any atom is 2.00 e. The van der Waals surface area contributed by atoms with E-state index in [9.17, 15) is 0 Å². The summed E-state index contributed by atoms with van der Waals surface area (Å²) in [6.45, 7) is 8.00. The van der Waals surface area contributed by atoms with Gasteiger partial charge in [-0.15, -0.1) is 0 Å². The van der Waals surface area contributed by atoms with Crippen LogP contribution in [0, 0.1) is 0 Å². The molecule has 0 heterocycles. The third-order valence-electron chi connectivity index (χ3n) is 6.09. The van der Waals surface area contributed by atoms with Crippen molar-refractivity contribution in [3.05, 3.63) is 182 Å². The van der Waals surface area contributed by atoms with E-state index in [-0.39, 0.29) is 76.1 Å². The molecule has 11 heteroatoms. The third kappa shape index (κ3) is 20.0. The molecule has 0 saturated carbocycles. The molecule has 0 unspecified atom stereocenters. The van der Waals surface area contributed by atoms with Crippen molar-refractivity contribution in [1.82, 2.24) is 0 Å². The summed E-state index contributed by atoms with van der Waals surface area (Å²) < 4.78 is 0. The second-order valence-corrected chi connectivity index (χ2v) is 13.1. The van der Waals surface area contributed by atoms with Crippen LogP contribution in [0.1, 0.15) is 0 Å². The van der Waals surface area contributed by atoms with Gasteiger partial charge in [-0.3, -0.25) is 0 Å². The average Bonchev–Trinajstić information content (AvgIpc) is 3.18. The van der Waals surface area contributed by atoms with E-state index in [1.165, 1.54) is 31.8 Å². The molecule has 0 fully saturated rings. The summed E-state index contributed by atoms with van der Waals surface area (Å²) in [6.07, 6.45) is 0. The minimum absolute atomic E-state index is 0. The molecule has 0 aliphatic carbocycles. The van der Waals surface area contributed by atoms with Crippen LogP contribution in [0.5, 0.6) is 0 Å². The molecule has 6 aromatic rings. The number of carbonyl (C=O) groups excluding carboxylic acids is 4. The Labute approximate surface area is 349 Å². The van der Waals surface area contributed by atoms with Crippen molar-refractivity contribution in [3.63, 3.8) is 0 Å². The van der Waals surface area contributed by atoms with Crippen LogP contribution in [-0.2, 0) is 58.0 Å². The van der Waals surface area contributed by atoms with Gasteiger partial charge in [-0.05, 0) is 47.7 Å². The van der Waals surface area contributed by atoms with Gasteiger partial charge < -0.3 is 56.4 Å². The maximum absolute atomic E-state index is 8.00. The number of hydrogen-bond donors (Lipinski definition) is 0. The van der Waals surface area contributed by atoms with E-state index in [0.29, 0.717) is 0 Å². The molecule has 0 aromatic heterocycles. The van der Waals surface area contributed by atoms with Gasteiger partial charge >= 0.3 is 38.9 Å². The summed E-state index contributed by atoms with van der Waals surface area (Å²) in [6, 6.07) is 64.7. The smallest absolute Gasteiger partial charge is 1.00 e. The van der Waals surface area contributed by atoms with E-state index in [2.05, 4.69) is 182 Å². The molecular weight excluding hydrogens is 968 g/mol. The summed E-state index contributed by atoms with van der Waals surface area (Å²) in [5.74, 6) is 0. The first kappa shape index (κ1) is 57.3. The van der Waals surface area contributed by atoms with E-state index >= 15 is 0 Å². The summed E-state index contributed by atoms with van der Waals surface area (Å²) in [7, 11) is -0.892. The van der Waals surface area contributed by atoms with E-state index in [0.717, 1.165) is 0 Å². The molecule has 0 amide bonds. The molecule has 6 rings (SSSR count). The largest absolute Gasteiger partial charge is 2.00 e. The maximum atomic E-state index is 8.00. The zero-order valence-electron chi connectivity index (χ0n) is 27.4. The van der Waals surface area contributed by atoms with E-state index in [1.807, 2.05) is 27.2 Å². The predicted octanol–water partition coefficient (Wildman–Crippen LogP) is -2.84. The average molecular weight is 1010 g/mol. The standard InChI is InChI=1S/2C18H15P.4CH2O.Au.3ClH.Ni/c2*1-4-10-16(11-5-1)19(17-12-6-2-7-13-17)18-14-8-3-9-15-18;4*1-2;;;;;/h2*1-15H;4*1H2;;3*1H;/q;;;;;;+1;;;;+2/p-3. The number of carbonyl (C=O) groups is 4. The van der Waals surface area contributed by atoms with Gasteiger partial charge in [0.2, 0.25) is 0 Å². The first-order chi connectivity index (χ1) is 22.9. The molecule has 0 N–H and O–H groups in total. The third-order valence-corrected chi connectivity index (χ3v) is 11.0. The van der Waals surface area contributed by atoms with Gasteiger partial charge in [0.15, 0.2) is 0 Å². The summed E-state index contributed by atoms with van der Waals surface area (Å²) in [4.78, 5) is 32.0. The molecule has 51 heavy (non-hydrogen) atoms. The first-order valence-corrected chi connectivity index (χ1v) is 16.6. The van der Waals surface area contributed by atoms with Gasteiger partial charge in [0.25, 0.3) is 0 Å². The fourth-order valence-electron chi connectivity index (χ4n) is 4.36. The van der Waals surface area contributed by atoms with Crippen LogP contribution < -0.4 is 69.0 Å². The molecule has 0 radical (unpaired) electrons. The molecule has 0 atom stereocenters. The Morgan fingerprint density at radius 1 is 0.255 bits per heavy atom. The van der Waals surface area contributed by atoms with Crippen LogP contribution >= 0.6 is 15.8 Å². The number of benzene rings is 6. The van der Waals surface area contributed by atoms with E-state index < -0.39 is 15.8 Å². The fourth-order valence-corrected chi connectivity index (χ4v) is 8.97. The number of rotatable bonds is 6. The summed E-state index contributed by atoms with van der Waals surface area (Å²) in [5, 5.41) is 8.39. The minimum Gasteiger partial charge on any atom is -1.00 e. The van der Waals surface area contributed by atoms with Crippen molar-refractivity contribution in [2.24, 2.45) is 0 Å². The second kappa shape index (κ2) is 38.2. The van der Waals surface area contributed by atoms with E-state index in [4.69, 9.17) is 19.2 Å². The Hall–Kier alpha value is -3.04. The Kier molecular flexibility index (Phi) is 42.9. The zero-order valence-corrected chi connectivity index (χ0v) is 34.6. The van der Waals surface area contributed by atoms with Gasteiger partial charge in [-0.1, -0.05) is 182 Å². The number of halogens is 3. The SMILES string of the molecule is C=O.C=O.C=O.C=O.[Au+].[Cl-].[Cl-].[Cl-].[Ni+2].c1ccc(P(c2ccccc2)c2ccccc2)cc1.c1ccc(P(c2ccccc2)c2ccccc2)cc1. The quantitative estimate of drug-likeness (QED) is 0.134. The van der Waals surface area contributed by atoms with Gasteiger partial charge in [0.05, 0.1) is 0 Å². The van der Waals surface area contributed by atoms with Crippen molar-refractivity contribution in [3.8, 4) is 0 Å². The van der Waals surface area contributed by atoms with Gasteiger partial charge in [0.1, 0.15) is 27.2 Å². The molecule has 0 spiro atoms. The van der Waals surface area contributed by atoms with Crippen LogP contribution in [0.15, 0.2) is 182 Å². The van der Waals surface area contributed by atoms with Gasteiger partial charge in [-0.2, -0.15) is 0 Å². The van der Waals surface area contributed by atoms with Crippen molar-refractivity contribution in [1.29, 1.82) is 0 Å². The molecule has 0 aliphatic rings. The molecule has 6 aromatic carbocycles. The first-order valence-electron chi connectivity index (χ1n) is 14.0. The Morgan fingerprint density at radius 2 is 0.353 bits per heavy atom. The van der Waals surface area contributed by atoms with Crippen LogP contribution in [0.4, 0.5) is 0 Å². The summed E-state index contributed by atoms with van der Waals surface area (Å²) >= 11 is 0. The normalized spacial score (nSPS) is 8.20. The molecule has 274 valence electrons. The fraction of sp³-hybridized carbons (Fsp3) is 0. The Balaban J connectivity index is -0.000000214. The zero-order chi connectivity index (χ0) is 33.8. The Bertz CT molecular complexity index is 1280.